The molecule has 0 bridgehead atoms. The second kappa shape index (κ2) is 6.02. The zero-order chi connectivity index (χ0) is 16.5. The molecule has 1 fully saturated rings. The highest BCUT2D eigenvalue weighted by molar-refractivity contribution is 6.00. The van der Waals surface area contributed by atoms with Crippen LogP contribution in [0.1, 0.15) is 46.5 Å². The fraction of sp³-hybridized carbons (Fsp3) is 0.625. The summed E-state index contributed by atoms with van der Waals surface area (Å²) in [7, 11) is 0. The standard InChI is InChI=1S/C16H26N4O2/c1-9-12(17)13(20-15(22)18-9)14(21)19-11-7-5-10(6-8-11)16(2,3)4/h10-11H,1,5-8,17H2,2-4H3,(H,19,21)(H2,18,20,22). The minimum atomic E-state index is -0.485. The molecule has 1 aliphatic carbocycles. The number of urea groups is 1. The Hall–Kier alpha value is -1.98. The Labute approximate surface area is 131 Å². The molecular weight excluding hydrogens is 280 g/mol. The van der Waals surface area contributed by atoms with Gasteiger partial charge in [-0.25, -0.2) is 4.79 Å². The highest BCUT2D eigenvalue weighted by Crippen LogP contribution is 2.37. The minimum Gasteiger partial charge on any atom is -0.395 e. The van der Waals surface area contributed by atoms with Crippen molar-refractivity contribution in [3.05, 3.63) is 23.7 Å². The molecule has 0 aromatic rings. The van der Waals surface area contributed by atoms with Crippen molar-refractivity contribution >= 4 is 11.9 Å². The molecule has 3 amide bonds. The van der Waals surface area contributed by atoms with Crippen molar-refractivity contribution in [1.29, 1.82) is 0 Å². The molecule has 2 rings (SSSR count). The van der Waals surface area contributed by atoms with E-state index in [1.165, 1.54) is 0 Å². The Morgan fingerprint density at radius 2 is 1.82 bits per heavy atom. The summed E-state index contributed by atoms with van der Waals surface area (Å²) in [5, 5.41) is 7.85. The summed E-state index contributed by atoms with van der Waals surface area (Å²) in [6, 6.07) is -0.354. The molecule has 0 atom stereocenters. The summed E-state index contributed by atoms with van der Waals surface area (Å²) in [6.07, 6.45) is 4.11. The van der Waals surface area contributed by atoms with Crippen LogP contribution in [-0.4, -0.2) is 18.0 Å². The molecule has 6 heteroatoms. The van der Waals surface area contributed by atoms with Crippen molar-refractivity contribution in [3.8, 4) is 0 Å². The first-order valence-electron chi connectivity index (χ1n) is 7.76. The Kier molecular flexibility index (Phi) is 4.49. The van der Waals surface area contributed by atoms with Crippen molar-refractivity contribution in [2.75, 3.05) is 0 Å². The van der Waals surface area contributed by atoms with Gasteiger partial charge in [0.15, 0.2) is 0 Å². The lowest BCUT2D eigenvalue weighted by Gasteiger charge is -2.37. The quantitative estimate of drug-likeness (QED) is 0.625. The van der Waals surface area contributed by atoms with Gasteiger partial charge in [0.05, 0.1) is 11.4 Å². The van der Waals surface area contributed by atoms with E-state index in [1.807, 2.05) is 0 Å². The van der Waals surface area contributed by atoms with Crippen molar-refractivity contribution in [2.24, 2.45) is 17.1 Å². The van der Waals surface area contributed by atoms with E-state index in [4.69, 9.17) is 5.73 Å². The van der Waals surface area contributed by atoms with E-state index in [0.29, 0.717) is 11.3 Å². The molecule has 1 saturated carbocycles. The molecule has 1 aliphatic heterocycles. The number of hydrogen-bond donors (Lipinski definition) is 4. The first kappa shape index (κ1) is 16.4. The molecule has 6 nitrogen and oxygen atoms in total. The van der Waals surface area contributed by atoms with Crippen LogP contribution in [0.2, 0.25) is 0 Å². The maximum absolute atomic E-state index is 12.3. The topological polar surface area (TPSA) is 96.2 Å². The maximum Gasteiger partial charge on any atom is 0.323 e. The second-order valence-electron chi connectivity index (χ2n) is 7.23. The molecule has 0 unspecified atom stereocenters. The molecule has 0 spiro atoms. The monoisotopic (exact) mass is 306 g/mol. The molecule has 0 saturated heterocycles. The van der Waals surface area contributed by atoms with Crippen LogP contribution in [0.15, 0.2) is 23.7 Å². The highest BCUT2D eigenvalue weighted by Gasteiger charge is 2.31. The van der Waals surface area contributed by atoms with E-state index in [9.17, 15) is 9.59 Å². The smallest absolute Gasteiger partial charge is 0.323 e. The van der Waals surface area contributed by atoms with E-state index in [1.54, 1.807) is 0 Å². The van der Waals surface area contributed by atoms with Gasteiger partial charge in [-0.05, 0) is 37.0 Å². The lowest BCUT2D eigenvalue weighted by molar-refractivity contribution is -0.118. The van der Waals surface area contributed by atoms with Crippen LogP contribution in [-0.2, 0) is 4.79 Å². The summed E-state index contributed by atoms with van der Waals surface area (Å²) >= 11 is 0. The van der Waals surface area contributed by atoms with Crippen molar-refractivity contribution in [1.82, 2.24) is 16.0 Å². The van der Waals surface area contributed by atoms with Crippen molar-refractivity contribution < 1.29 is 9.59 Å². The van der Waals surface area contributed by atoms with Crippen LogP contribution in [0.25, 0.3) is 0 Å². The number of hydrogen-bond acceptors (Lipinski definition) is 3. The van der Waals surface area contributed by atoms with E-state index in [0.717, 1.165) is 25.7 Å². The van der Waals surface area contributed by atoms with Gasteiger partial charge in [-0.1, -0.05) is 27.4 Å². The molecular formula is C16H26N4O2. The predicted octanol–water partition coefficient (Wildman–Crippen LogP) is 1.70. The van der Waals surface area contributed by atoms with Crippen LogP contribution in [0.3, 0.4) is 0 Å². The predicted molar refractivity (Wildman–Crippen MR) is 85.4 cm³/mol. The first-order chi connectivity index (χ1) is 10.2. The number of rotatable bonds is 2. The number of amides is 3. The van der Waals surface area contributed by atoms with Crippen LogP contribution in [0.4, 0.5) is 4.79 Å². The lowest BCUT2D eigenvalue weighted by Crippen LogP contribution is -2.49. The fourth-order valence-electron chi connectivity index (χ4n) is 3.11. The first-order valence-corrected chi connectivity index (χ1v) is 7.76. The third kappa shape index (κ3) is 3.61. The van der Waals surface area contributed by atoms with Gasteiger partial charge < -0.3 is 21.7 Å². The van der Waals surface area contributed by atoms with E-state index >= 15 is 0 Å². The van der Waals surface area contributed by atoms with Crippen molar-refractivity contribution in [3.63, 3.8) is 0 Å². The Balaban J connectivity index is 1.95. The number of carbonyl (C=O) groups is 2. The molecule has 0 aromatic carbocycles. The summed E-state index contributed by atoms with van der Waals surface area (Å²) in [5.74, 6) is 0.344. The van der Waals surface area contributed by atoms with Gasteiger partial charge in [0.1, 0.15) is 5.70 Å². The SMILES string of the molecule is C=C1NC(=O)NC(C(=O)NC2CCC(C(C)(C)C)CC2)=C1N. The van der Waals surface area contributed by atoms with Crippen LogP contribution >= 0.6 is 0 Å². The van der Waals surface area contributed by atoms with Gasteiger partial charge in [0.25, 0.3) is 5.91 Å². The van der Waals surface area contributed by atoms with Gasteiger partial charge >= 0.3 is 6.03 Å². The summed E-state index contributed by atoms with van der Waals surface area (Å²) in [5.41, 5.74) is 6.65. The number of nitrogens with one attached hydrogen (secondary N) is 3. The molecule has 22 heavy (non-hydrogen) atoms. The lowest BCUT2D eigenvalue weighted by atomic mass is 9.71. The normalized spacial score (nSPS) is 26.3. The molecule has 1 heterocycles. The maximum atomic E-state index is 12.3. The Morgan fingerprint density at radius 3 is 2.36 bits per heavy atom. The molecule has 0 aromatic heterocycles. The average molecular weight is 306 g/mol. The van der Waals surface area contributed by atoms with Crippen LogP contribution < -0.4 is 21.7 Å². The number of nitrogens with two attached hydrogens (primary N) is 1. The van der Waals surface area contributed by atoms with Crippen LogP contribution in [0.5, 0.6) is 0 Å². The zero-order valence-corrected chi connectivity index (χ0v) is 13.6. The fourth-order valence-corrected chi connectivity index (χ4v) is 3.11. The van der Waals surface area contributed by atoms with Gasteiger partial charge in [-0.15, -0.1) is 0 Å². The van der Waals surface area contributed by atoms with E-state index < -0.39 is 6.03 Å². The van der Waals surface area contributed by atoms with Gasteiger partial charge in [-0.3, -0.25) is 4.79 Å². The molecule has 2 aliphatic rings. The van der Waals surface area contributed by atoms with E-state index in [-0.39, 0.29) is 29.0 Å². The van der Waals surface area contributed by atoms with Gasteiger partial charge in [0, 0.05) is 6.04 Å². The third-order valence-electron chi connectivity index (χ3n) is 4.61. The average Bonchev–Trinajstić information content (AvgIpc) is 2.42. The summed E-state index contributed by atoms with van der Waals surface area (Å²) < 4.78 is 0. The van der Waals surface area contributed by atoms with Crippen molar-refractivity contribution in [2.45, 2.75) is 52.5 Å². The molecule has 122 valence electrons. The molecule has 0 radical (unpaired) electrons. The summed E-state index contributed by atoms with van der Waals surface area (Å²) in [6.45, 7) is 10.4. The summed E-state index contributed by atoms with van der Waals surface area (Å²) in [4.78, 5) is 23.7. The van der Waals surface area contributed by atoms with Gasteiger partial charge in [-0.2, -0.15) is 0 Å². The minimum absolute atomic E-state index is 0.0895. The van der Waals surface area contributed by atoms with Crippen LogP contribution in [0, 0.1) is 11.3 Å². The Bertz CT molecular complexity index is 523. The zero-order valence-electron chi connectivity index (χ0n) is 13.6. The Morgan fingerprint density at radius 1 is 1.23 bits per heavy atom. The molecule has 5 N–H and O–H groups in total. The van der Waals surface area contributed by atoms with Gasteiger partial charge in [0.2, 0.25) is 0 Å². The second-order valence-corrected chi connectivity index (χ2v) is 7.23. The third-order valence-corrected chi connectivity index (χ3v) is 4.61. The highest BCUT2D eigenvalue weighted by atomic mass is 16.2. The largest absolute Gasteiger partial charge is 0.395 e. The van der Waals surface area contributed by atoms with E-state index in [2.05, 4.69) is 43.3 Å². The number of carbonyl (C=O) groups excluding carboxylic acids is 2.